The molecule has 0 fully saturated rings. The predicted molar refractivity (Wildman–Crippen MR) is 176 cm³/mol. The third-order valence-corrected chi connectivity index (χ3v) is 7.18. The Hall–Kier alpha value is -3.66. The highest BCUT2D eigenvalue weighted by Crippen LogP contribution is 2.20. The molecule has 0 amide bonds. The Bertz CT molecular complexity index is 1130. The van der Waals surface area contributed by atoms with E-state index in [1.807, 2.05) is 42.5 Å². The molecule has 1 N–H and O–H groups in total. The Morgan fingerprint density at radius 2 is 1.12 bits per heavy atom. The first-order valence-electron chi connectivity index (χ1n) is 15.9. The van der Waals surface area contributed by atoms with Gasteiger partial charge in [-0.15, -0.1) is 0 Å². The number of carboxylic acids is 1. The normalized spacial score (nSPS) is 10.7. The Morgan fingerprint density at radius 1 is 0.619 bits per heavy atom. The largest absolute Gasteiger partial charge is 0.478 e. The minimum absolute atomic E-state index is 0.0522. The molecule has 0 saturated heterocycles. The van der Waals surface area contributed by atoms with E-state index in [4.69, 9.17) is 4.74 Å². The quantitative estimate of drug-likeness (QED) is 0.0938. The molecule has 0 aliphatic heterocycles. The lowest BCUT2D eigenvalue weighted by Crippen LogP contribution is -2.15. The molecular formula is C38H50O4. The summed E-state index contributed by atoms with van der Waals surface area (Å²) in [4.78, 5) is 24.2. The minimum Gasteiger partial charge on any atom is -0.478 e. The van der Waals surface area contributed by atoms with Gasteiger partial charge in [-0.05, 0) is 42.0 Å². The summed E-state index contributed by atoms with van der Waals surface area (Å²) in [6, 6.07) is 25.7. The average Bonchev–Trinajstić information content (AvgIpc) is 3.02. The van der Waals surface area contributed by atoms with Gasteiger partial charge in [-0.3, -0.25) is 0 Å². The van der Waals surface area contributed by atoms with E-state index < -0.39 is 11.9 Å². The maximum Gasteiger partial charge on any atom is 0.339 e. The van der Waals surface area contributed by atoms with Gasteiger partial charge in [0.2, 0.25) is 0 Å². The van der Waals surface area contributed by atoms with Crippen LogP contribution in [0.25, 0.3) is 12.2 Å². The molecule has 0 atom stereocenters. The van der Waals surface area contributed by atoms with Crippen molar-refractivity contribution >= 4 is 24.1 Å². The van der Waals surface area contributed by atoms with Crippen molar-refractivity contribution in [2.24, 2.45) is 0 Å². The Kier molecular flexibility index (Phi) is 18.1. The van der Waals surface area contributed by atoms with Crippen LogP contribution in [0.1, 0.15) is 128 Å². The fraction of sp³-hybridized carbons (Fsp3) is 0.421. The van der Waals surface area contributed by atoms with Crippen LogP contribution in [0.3, 0.4) is 0 Å². The highest BCUT2D eigenvalue weighted by molar-refractivity contribution is 6.03. The van der Waals surface area contributed by atoms with E-state index in [-0.39, 0.29) is 11.1 Å². The molecule has 0 saturated carbocycles. The molecule has 3 aromatic carbocycles. The van der Waals surface area contributed by atoms with E-state index in [1.165, 1.54) is 62.1 Å². The molecule has 0 radical (unpaired) electrons. The molecule has 0 aliphatic rings. The summed E-state index contributed by atoms with van der Waals surface area (Å²) in [7, 11) is 0. The molecular weight excluding hydrogens is 520 g/mol. The average molecular weight is 571 g/mol. The fourth-order valence-electron chi connectivity index (χ4n) is 4.76. The van der Waals surface area contributed by atoms with Crippen LogP contribution in [-0.4, -0.2) is 23.7 Å². The van der Waals surface area contributed by atoms with Crippen LogP contribution in [0.2, 0.25) is 0 Å². The second-order valence-corrected chi connectivity index (χ2v) is 10.7. The maximum absolute atomic E-state index is 12.6. The number of carboxylic acid groups (broad SMARTS) is 1. The van der Waals surface area contributed by atoms with Gasteiger partial charge in [0.05, 0.1) is 17.7 Å². The number of carbonyl (C=O) groups is 2. The van der Waals surface area contributed by atoms with Crippen molar-refractivity contribution in [2.75, 3.05) is 6.61 Å². The molecule has 0 heterocycles. The molecule has 0 aromatic heterocycles. The number of aryl methyl sites for hydroxylation is 1. The first-order valence-corrected chi connectivity index (χ1v) is 15.9. The molecule has 3 rings (SSSR count). The number of unbranched alkanes of at least 4 members (excludes halogenated alkanes) is 10. The number of benzene rings is 3. The van der Waals surface area contributed by atoms with E-state index in [0.29, 0.717) is 13.0 Å². The molecule has 4 heteroatoms. The van der Waals surface area contributed by atoms with Gasteiger partial charge in [-0.25, -0.2) is 9.59 Å². The summed E-state index contributed by atoms with van der Waals surface area (Å²) in [5, 5.41) is 9.49. The lowest BCUT2D eigenvalue weighted by molar-refractivity contribution is 0.0486. The van der Waals surface area contributed by atoms with Gasteiger partial charge in [-0.1, -0.05) is 163 Å². The van der Waals surface area contributed by atoms with Gasteiger partial charge in [-0.2, -0.15) is 0 Å². The van der Waals surface area contributed by atoms with E-state index in [2.05, 4.69) is 50.3 Å². The summed E-state index contributed by atoms with van der Waals surface area (Å²) in [5.41, 5.74) is 3.56. The van der Waals surface area contributed by atoms with Crippen molar-refractivity contribution in [2.45, 2.75) is 97.3 Å². The second-order valence-electron chi connectivity index (χ2n) is 10.7. The van der Waals surface area contributed by atoms with Gasteiger partial charge in [0, 0.05) is 0 Å². The van der Waals surface area contributed by atoms with Crippen LogP contribution >= 0.6 is 0 Å². The second kappa shape index (κ2) is 22.0. The topological polar surface area (TPSA) is 63.6 Å². The minimum atomic E-state index is -1.07. The number of carbonyl (C=O) groups excluding carboxylic acids is 1. The fourth-order valence-corrected chi connectivity index (χ4v) is 4.76. The van der Waals surface area contributed by atoms with Crippen LogP contribution in [0.15, 0.2) is 78.9 Å². The zero-order chi connectivity index (χ0) is 30.3. The van der Waals surface area contributed by atoms with Crippen LogP contribution in [-0.2, 0) is 11.2 Å². The third kappa shape index (κ3) is 14.3. The summed E-state index contributed by atoms with van der Waals surface area (Å²) in [6.07, 6.45) is 18.6. The van der Waals surface area contributed by atoms with Gasteiger partial charge >= 0.3 is 11.9 Å². The van der Waals surface area contributed by atoms with E-state index in [0.717, 1.165) is 37.7 Å². The van der Waals surface area contributed by atoms with Gasteiger partial charge in [0.25, 0.3) is 0 Å². The zero-order valence-electron chi connectivity index (χ0n) is 25.7. The lowest BCUT2D eigenvalue weighted by atomic mass is 9.96. The predicted octanol–water partition coefficient (Wildman–Crippen LogP) is 10.7. The van der Waals surface area contributed by atoms with Gasteiger partial charge in [0.15, 0.2) is 0 Å². The van der Waals surface area contributed by atoms with Crippen molar-refractivity contribution in [1.82, 2.24) is 0 Å². The molecule has 226 valence electrons. The summed E-state index contributed by atoms with van der Waals surface area (Å²) < 4.78 is 5.42. The van der Waals surface area contributed by atoms with E-state index in [1.54, 1.807) is 6.07 Å². The first-order chi connectivity index (χ1) is 20.6. The molecule has 4 nitrogen and oxygen atoms in total. The number of esters is 1. The Morgan fingerprint density at radius 3 is 1.64 bits per heavy atom. The van der Waals surface area contributed by atoms with Crippen LogP contribution in [0, 0.1) is 0 Å². The molecule has 42 heavy (non-hydrogen) atoms. The van der Waals surface area contributed by atoms with Crippen molar-refractivity contribution < 1.29 is 19.4 Å². The zero-order valence-corrected chi connectivity index (χ0v) is 25.7. The summed E-state index contributed by atoms with van der Waals surface area (Å²) >= 11 is 0. The standard InChI is InChI=1S/C24H38O4.C14H12/c1-3-5-7-9-11-13-16-20-17-15-18-21(23(25)26)22(20)24(27)28-19-14-12-10-8-6-4-2;1-3-7-13(8-4-1)11-12-14-9-5-2-6-10-14/h15,17-18H,3-14,16,19H2,1-2H3,(H,25,26);1-12H/b;12-11-. The van der Waals surface area contributed by atoms with Gasteiger partial charge < -0.3 is 9.84 Å². The van der Waals surface area contributed by atoms with Crippen LogP contribution < -0.4 is 0 Å². The molecule has 0 unspecified atom stereocenters. The first kappa shape index (κ1) is 34.5. The molecule has 0 aliphatic carbocycles. The number of hydrogen-bond donors (Lipinski definition) is 1. The number of hydrogen-bond acceptors (Lipinski definition) is 3. The van der Waals surface area contributed by atoms with Crippen molar-refractivity contribution in [3.63, 3.8) is 0 Å². The highest BCUT2D eigenvalue weighted by atomic mass is 16.5. The van der Waals surface area contributed by atoms with E-state index in [9.17, 15) is 14.7 Å². The van der Waals surface area contributed by atoms with Crippen LogP contribution in [0.4, 0.5) is 0 Å². The SMILES string of the molecule is C(=C/c1ccccc1)/c1ccccc1.CCCCCCCCOC(=O)c1c(CCCCCCCC)cccc1C(=O)O. The lowest BCUT2D eigenvalue weighted by Gasteiger charge is -2.12. The Balaban J connectivity index is 0.000000363. The number of rotatable bonds is 18. The molecule has 0 spiro atoms. The number of aromatic carboxylic acids is 1. The smallest absolute Gasteiger partial charge is 0.339 e. The van der Waals surface area contributed by atoms with Crippen molar-refractivity contribution in [1.29, 1.82) is 0 Å². The summed E-state index contributed by atoms with van der Waals surface area (Å²) in [6.45, 7) is 4.74. The molecule has 0 bridgehead atoms. The molecule has 3 aromatic rings. The third-order valence-electron chi connectivity index (χ3n) is 7.18. The Labute approximate surface area is 253 Å². The maximum atomic E-state index is 12.6. The van der Waals surface area contributed by atoms with E-state index >= 15 is 0 Å². The number of ether oxygens (including phenoxy) is 1. The highest BCUT2D eigenvalue weighted by Gasteiger charge is 2.21. The summed E-state index contributed by atoms with van der Waals surface area (Å²) in [5.74, 6) is -1.57. The van der Waals surface area contributed by atoms with Gasteiger partial charge in [0.1, 0.15) is 0 Å². The monoisotopic (exact) mass is 570 g/mol. The van der Waals surface area contributed by atoms with Crippen molar-refractivity contribution in [3.8, 4) is 0 Å². The van der Waals surface area contributed by atoms with Crippen molar-refractivity contribution in [3.05, 3.63) is 107 Å². The van der Waals surface area contributed by atoms with Crippen LogP contribution in [0.5, 0.6) is 0 Å².